The number of carbonyl (C=O) groups is 3. The topological polar surface area (TPSA) is 87.3 Å². The summed E-state index contributed by atoms with van der Waals surface area (Å²) < 4.78 is 26.6. The summed E-state index contributed by atoms with van der Waals surface area (Å²) in [6.45, 7) is 1.83. The van der Waals surface area contributed by atoms with Crippen LogP contribution < -0.4 is 16.0 Å². The van der Waals surface area contributed by atoms with Crippen LogP contribution in [0.15, 0.2) is 60.7 Å². The SMILES string of the molecule is C[C@H](NC(=O)Cc1cc(F)cc(F)c1)C(=O)N[C@@H]1C(=O)NCC=C[C@@H]1c1ccccc1. The average molecular weight is 427 g/mol. The van der Waals surface area contributed by atoms with Crippen molar-refractivity contribution in [3.8, 4) is 0 Å². The van der Waals surface area contributed by atoms with Crippen molar-refractivity contribution in [2.45, 2.75) is 31.3 Å². The van der Waals surface area contributed by atoms with E-state index in [4.69, 9.17) is 0 Å². The van der Waals surface area contributed by atoms with Gasteiger partial charge >= 0.3 is 0 Å². The molecule has 3 rings (SSSR count). The molecule has 0 spiro atoms. The quantitative estimate of drug-likeness (QED) is 0.616. The number of rotatable bonds is 6. The predicted octanol–water partition coefficient (Wildman–Crippen LogP) is 1.97. The summed E-state index contributed by atoms with van der Waals surface area (Å²) in [6, 6.07) is 10.3. The van der Waals surface area contributed by atoms with Crippen molar-refractivity contribution in [2.75, 3.05) is 6.54 Å². The second-order valence-corrected chi connectivity index (χ2v) is 7.34. The van der Waals surface area contributed by atoms with Gasteiger partial charge in [0.15, 0.2) is 0 Å². The van der Waals surface area contributed by atoms with Gasteiger partial charge in [0.1, 0.15) is 23.7 Å². The van der Waals surface area contributed by atoms with Gasteiger partial charge in [0.05, 0.1) is 6.42 Å². The highest BCUT2D eigenvalue weighted by atomic mass is 19.1. The molecule has 0 bridgehead atoms. The number of benzene rings is 2. The molecule has 0 aliphatic carbocycles. The van der Waals surface area contributed by atoms with Crippen LogP contribution in [0, 0.1) is 11.6 Å². The molecular weight excluding hydrogens is 404 g/mol. The van der Waals surface area contributed by atoms with Crippen LogP contribution in [0.1, 0.15) is 24.0 Å². The fourth-order valence-corrected chi connectivity index (χ4v) is 3.43. The smallest absolute Gasteiger partial charge is 0.243 e. The van der Waals surface area contributed by atoms with Crippen LogP contribution in [0.25, 0.3) is 0 Å². The van der Waals surface area contributed by atoms with Gasteiger partial charge in [-0.05, 0) is 30.2 Å². The first-order valence-electron chi connectivity index (χ1n) is 9.87. The highest BCUT2D eigenvalue weighted by molar-refractivity contribution is 5.93. The lowest BCUT2D eigenvalue weighted by Crippen LogP contribution is -2.54. The van der Waals surface area contributed by atoms with Gasteiger partial charge in [0.2, 0.25) is 17.7 Å². The first-order chi connectivity index (χ1) is 14.8. The second kappa shape index (κ2) is 9.97. The fourth-order valence-electron chi connectivity index (χ4n) is 3.43. The molecule has 1 aliphatic heterocycles. The number of carbonyl (C=O) groups excluding carboxylic acids is 3. The molecule has 2 aromatic rings. The van der Waals surface area contributed by atoms with E-state index in [1.165, 1.54) is 6.92 Å². The fraction of sp³-hybridized carbons (Fsp3) is 0.261. The molecule has 1 aliphatic rings. The molecule has 0 aromatic heterocycles. The van der Waals surface area contributed by atoms with Gasteiger partial charge < -0.3 is 16.0 Å². The van der Waals surface area contributed by atoms with Crippen LogP contribution in [-0.2, 0) is 20.8 Å². The molecule has 3 N–H and O–H groups in total. The first-order valence-corrected chi connectivity index (χ1v) is 9.87. The molecule has 0 saturated carbocycles. The summed E-state index contributed by atoms with van der Waals surface area (Å²) in [4.78, 5) is 37.5. The van der Waals surface area contributed by atoms with Gasteiger partial charge in [0.25, 0.3) is 0 Å². The highest BCUT2D eigenvalue weighted by Crippen LogP contribution is 2.23. The Bertz CT molecular complexity index is 975. The third kappa shape index (κ3) is 5.97. The molecule has 1 heterocycles. The van der Waals surface area contributed by atoms with Crippen molar-refractivity contribution in [3.63, 3.8) is 0 Å². The van der Waals surface area contributed by atoms with Crippen molar-refractivity contribution in [3.05, 3.63) is 83.4 Å². The highest BCUT2D eigenvalue weighted by Gasteiger charge is 2.32. The summed E-state index contributed by atoms with van der Waals surface area (Å²) in [5.74, 6) is -3.39. The summed E-state index contributed by atoms with van der Waals surface area (Å²) in [5.41, 5.74) is 1.02. The second-order valence-electron chi connectivity index (χ2n) is 7.34. The molecule has 6 nitrogen and oxygen atoms in total. The lowest BCUT2D eigenvalue weighted by atomic mass is 9.90. The van der Waals surface area contributed by atoms with E-state index in [0.29, 0.717) is 12.6 Å². The molecule has 31 heavy (non-hydrogen) atoms. The van der Waals surface area contributed by atoms with Crippen molar-refractivity contribution >= 4 is 17.7 Å². The van der Waals surface area contributed by atoms with Crippen molar-refractivity contribution in [1.29, 1.82) is 0 Å². The monoisotopic (exact) mass is 427 g/mol. The van der Waals surface area contributed by atoms with E-state index in [1.807, 2.05) is 42.5 Å². The summed E-state index contributed by atoms with van der Waals surface area (Å²) >= 11 is 0. The molecule has 8 heteroatoms. The van der Waals surface area contributed by atoms with E-state index in [-0.39, 0.29) is 23.8 Å². The molecule has 0 fully saturated rings. The van der Waals surface area contributed by atoms with Gasteiger partial charge in [-0.2, -0.15) is 0 Å². The Morgan fingerprint density at radius 3 is 2.48 bits per heavy atom. The maximum Gasteiger partial charge on any atom is 0.243 e. The zero-order chi connectivity index (χ0) is 22.4. The van der Waals surface area contributed by atoms with E-state index in [9.17, 15) is 23.2 Å². The Kier molecular flexibility index (Phi) is 7.12. The van der Waals surface area contributed by atoms with Crippen LogP contribution in [0.2, 0.25) is 0 Å². The van der Waals surface area contributed by atoms with Crippen LogP contribution in [-0.4, -0.2) is 36.3 Å². The largest absolute Gasteiger partial charge is 0.351 e. The van der Waals surface area contributed by atoms with Crippen LogP contribution in [0.3, 0.4) is 0 Å². The minimum absolute atomic E-state index is 0.153. The molecule has 3 amide bonds. The Morgan fingerprint density at radius 1 is 1.13 bits per heavy atom. The third-order valence-corrected chi connectivity index (χ3v) is 4.92. The summed E-state index contributed by atoms with van der Waals surface area (Å²) in [5, 5.41) is 7.93. The van der Waals surface area contributed by atoms with Crippen molar-refractivity contribution in [2.24, 2.45) is 0 Å². The molecular formula is C23H23F2N3O3. The van der Waals surface area contributed by atoms with Gasteiger partial charge in [-0.3, -0.25) is 14.4 Å². The molecule has 0 saturated heterocycles. The minimum Gasteiger partial charge on any atom is -0.351 e. The number of halogens is 2. The van der Waals surface area contributed by atoms with E-state index >= 15 is 0 Å². The molecule has 2 aromatic carbocycles. The van der Waals surface area contributed by atoms with Crippen LogP contribution in [0.4, 0.5) is 8.78 Å². The minimum atomic E-state index is -0.956. The van der Waals surface area contributed by atoms with Crippen LogP contribution >= 0.6 is 0 Å². The maximum absolute atomic E-state index is 13.3. The van der Waals surface area contributed by atoms with Gasteiger partial charge in [-0.25, -0.2) is 8.78 Å². The lowest BCUT2D eigenvalue weighted by molar-refractivity contribution is -0.131. The summed E-state index contributed by atoms with van der Waals surface area (Å²) in [7, 11) is 0. The maximum atomic E-state index is 13.3. The zero-order valence-corrected chi connectivity index (χ0v) is 16.9. The molecule has 0 unspecified atom stereocenters. The van der Waals surface area contributed by atoms with Gasteiger partial charge in [-0.1, -0.05) is 42.5 Å². The van der Waals surface area contributed by atoms with Crippen LogP contribution in [0.5, 0.6) is 0 Å². The number of hydrogen-bond donors (Lipinski definition) is 3. The lowest BCUT2D eigenvalue weighted by Gasteiger charge is -2.25. The predicted molar refractivity (Wildman–Crippen MR) is 111 cm³/mol. The van der Waals surface area contributed by atoms with E-state index in [0.717, 1.165) is 17.7 Å². The molecule has 0 radical (unpaired) electrons. The third-order valence-electron chi connectivity index (χ3n) is 4.92. The van der Waals surface area contributed by atoms with Crippen molar-refractivity contribution in [1.82, 2.24) is 16.0 Å². The van der Waals surface area contributed by atoms with E-state index in [1.54, 1.807) is 0 Å². The van der Waals surface area contributed by atoms with Gasteiger partial charge in [-0.15, -0.1) is 0 Å². The zero-order valence-electron chi connectivity index (χ0n) is 16.9. The summed E-state index contributed by atoms with van der Waals surface area (Å²) in [6.07, 6.45) is 3.40. The Balaban J connectivity index is 1.65. The Labute approximate surface area is 178 Å². The Hall–Kier alpha value is -3.55. The number of hydrogen-bond acceptors (Lipinski definition) is 3. The van der Waals surface area contributed by atoms with Crippen molar-refractivity contribution < 1.29 is 23.2 Å². The normalized spacial score (nSPS) is 19.1. The molecule has 162 valence electrons. The number of nitrogens with one attached hydrogen (secondary N) is 3. The molecule has 3 atom stereocenters. The first kappa shape index (κ1) is 22.1. The standard InChI is InChI=1S/C23H23F2N3O3/c1-14(27-20(29)12-15-10-17(24)13-18(25)11-15)22(30)28-21-19(8-5-9-26-23(21)31)16-6-3-2-4-7-16/h2-8,10-11,13-14,19,21H,9,12H2,1H3,(H,26,31)(H,27,29)(H,28,30)/t14-,19+,21-/m0/s1. The van der Waals surface area contributed by atoms with E-state index < -0.39 is 35.5 Å². The number of amides is 3. The van der Waals surface area contributed by atoms with E-state index in [2.05, 4.69) is 16.0 Å². The average Bonchev–Trinajstić information content (AvgIpc) is 2.89. The Morgan fingerprint density at radius 2 is 1.81 bits per heavy atom. The van der Waals surface area contributed by atoms with Gasteiger partial charge in [0, 0.05) is 18.5 Å².